The third-order valence-corrected chi connectivity index (χ3v) is 6.87. The van der Waals surface area contributed by atoms with Gasteiger partial charge in [-0.25, -0.2) is 23.8 Å². The number of pyridine rings is 1. The number of hydrogen-bond donors (Lipinski definition) is 1. The highest BCUT2D eigenvalue weighted by Gasteiger charge is 2.42. The number of ether oxygens (including phenoxy) is 1. The number of carbonyl (C=O) groups is 1. The summed E-state index contributed by atoms with van der Waals surface area (Å²) < 4.78 is 49.2. The number of allylic oxidation sites excluding steroid dienone is 1. The standard InChI is InChI=1S/C29H23F3N6O3/c1-3-23-24(26(39)41-2)25(22-11-10-18(16-33)14-19(22)17-36-12-5-4-6-13-36)38-27(34-35-28(38)40)37(23)21-9-7-8-20(15-21)29(30,31)32/h4-15,25H,3,17H2,1-2H3/p+1. The summed E-state index contributed by atoms with van der Waals surface area (Å²) in [5, 5.41) is 16.2. The molecule has 0 spiro atoms. The molecule has 2 aromatic heterocycles. The SMILES string of the molecule is CCC1=C(C(=O)OC)C(c2ccc(C#N)cc2C[n+]2ccccc2)n2c(n[nH]c2=O)N1c1cccc(C(F)(F)F)c1. The maximum Gasteiger partial charge on any atom is 0.416 e. The van der Waals surface area contributed by atoms with E-state index in [1.807, 2.05) is 35.2 Å². The van der Waals surface area contributed by atoms with E-state index in [4.69, 9.17) is 4.74 Å². The molecule has 12 heteroatoms. The van der Waals surface area contributed by atoms with Crippen LogP contribution >= 0.6 is 0 Å². The highest BCUT2D eigenvalue weighted by Crippen LogP contribution is 2.44. The van der Waals surface area contributed by atoms with Gasteiger partial charge in [0.1, 0.15) is 6.04 Å². The molecule has 9 nitrogen and oxygen atoms in total. The van der Waals surface area contributed by atoms with E-state index in [1.165, 1.54) is 28.7 Å². The molecule has 5 rings (SSSR count). The number of hydrogen-bond acceptors (Lipinski definition) is 6. The Balaban J connectivity index is 1.80. The van der Waals surface area contributed by atoms with E-state index in [9.17, 15) is 28.0 Å². The van der Waals surface area contributed by atoms with Crippen LogP contribution in [0.4, 0.5) is 24.8 Å². The van der Waals surface area contributed by atoms with E-state index in [0.29, 0.717) is 28.9 Å². The number of fused-ring (bicyclic) bond motifs is 1. The first-order valence-corrected chi connectivity index (χ1v) is 12.6. The van der Waals surface area contributed by atoms with Gasteiger partial charge in [0.2, 0.25) is 5.95 Å². The van der Waals surface area contributed by atoms with Gasteiger partial charge in [-0.1, -0.05) is 25.1 Å². The Hall–Kier alpha value is -5.18. The van der Waals surface area contributed by atoms with E-state index in [2.05, 4.69) is 16.3 Å². The molecule has 41 heavy (non-hydrogen) atoms. The van der Waals surface area contributed by atoms with E-state index >= 15 is 0 Å². The summed E-state index contributed by atoms with van der Waals surface area (Å²) in [4.78, 5) is 28.1. The molecule has 0 aliphatic carbocycles. The fourth-order valence-electron chi connectivity index (χ4n) is 5.11. The van der Waals surface area contributed by atoms with Crippen molar-refractivity contribution in [3.05, 3.63) is 117 Å². The molecule has 0 radical (unpaired) electrons. The summed E-state index contributed by atoms with van der Waals surface area (Å²) in [6, 6.07) is 16.1. The van der Waals surface area contributed by atoms with Gasteiger partial charge in [-0.15, -0.1) is 5.10 Å². The van der Waals surface area contributed by atoms with Gasteiger partial charge in [-0.2, -0.15) is 18.4 Å². The highest BCUT2D eigenvalue weighted by atomic mass is 19.4. The van der Waals surface area contributed by atoms with Gasteiger partial charge in [0.25, 0.3) is 0 Å². The first-order valence-electron chi connectivity index (χ1n) is 12.6. The largest absolute Gasteiger partial charge is 0.466 e. The van der Waals surface area contributed by atoms with Gasteiger partial charge < -0.3 is 4.74 Å². The van der Waals surface area contributed by atoms with Crippen molar-refractivity contribution >= 4 is 17.6 Å². The van der Waals surface area contributed by atoms with Crippen LogP contribution in [-0.2, 0) is 22.3 Å². The number of nitrogens with zero attached hydrogens (tertiary/aromatic N) is 5. The highest BCUT2D eigenvalue weighted by molar-refractivity contribution is 5.94. The van der Waals surface area contributed by atoms with Crippen molar-refractivity contribution in [2.24, 2.45) is 0 Å². The Morgan fingerprint density at radius 1 is 1.15 bits per heavy atom. The Bertz CT molecular complexity index is 1750. The number of aromatic nitrogens is 4. The number of alkyl halides is 3. The summed E-state index contributed by atoms with van der Waals surface area (Å²) in [7, 11) is 1.20. The molecular weight excluding hydrogens is 537 g/mol. The molecule has 0 fully saturated rings. The van der Waals surface area contributed by atoms with E-state index in [1.54, 1.807) is 25.1 Å². The van der Waals surface area contributed by atoms with Crippen LogP contribution in [0.3, 0.4) is 0 Å². The Labute approximate surface area is 232 Å². The molecule has 1 unspecified atom stereocenters. The van der Waals surface area contributed by atoms with Crippen molar-refractivity contribution in [3.8, 4) is 6.07 Å². The number of esters is 1. The predicted molar refractivity (Wildman–Crippen MR) is 141 cm³/mol. The van der Waals surface area contributed by atoms with Crippen LogP contribution in [0.15, 0.2) is 89.1 Å². The molecule has 0 saturated carbocycles. The molecular formula is C29H24F3N6O3+. The number of anilines is 2. The van der Waals surface area contributed by atoms with Crippen LogP contribution in [0, 0.1) is 11.3 Å². The Morgan fingerprint density at radius 3 is 2.56 bits per heavy atom. The van der Waals surface area contributed by atoms with Gasteiger partial charge in [-0.3, -0.25) is 4.90 Å². The van der Waals surface area contributed by atoms with Crippen LogP contribution in [0.2, 0.25) is 0 Å². The smallest absolute Gasteiger partial charge is 0.416 e. The summed E-state index contributed by atoms with van der Waals surface area (Å²) in [6.07, 6.45) is -0.753. The lowest BCUT2D eigenvalue weighted by molar-refractivity contribution is -0.688. The van der Waals surface area contributed by atoms with Crippen molar-refractivity contribution in [3.63, 3.8) is 0 Å². The van der Waals surface area contributed by atoms with E-state index < -0.39 is 29.4 Å². The summed E-state index contributed by atoms with van der Waals surface area (Å²) >= 11 is 0. The molecule has 2 aromatic carbocycles. The molecule has 1 aliphatic heterocycles. The minimum absolute atomic E-state index is 0.00602. The predicted octanol–water partition coefficient (Wildman–Crippen LogP) is 4.38. The number of rotatable bonds is 6. The number of H-pyrrole nitrogens is 1. The van der Waals surface area contributed by atoms with Crippen LogP contribution in [0.1, 0.15) is 41.6 Å². The van der Waals surface area contributed by atoms with E-state index in [0.717, 1.165) is 12.1 Å². The second-order valence-corrected chi connectivity index (χ2v) is 9.26. The van der Waals surface area contributed by atoms with Gasteiger partial charge >= 0.3 is 17.8 Å². The zero-order valence-corrected chi connectivity index (χ0v) is 22.0. The van der Waals surface area contributed by atoms with Gasteiger partial charge in [0.15, 0.2) is 18.9 Å². The lowest BCUT2D eigenvalue weighted by Gasteiger charge is -2.37. The lowest BCUT2D eigenvalue weighted by Crippen LogP contribution is -2.39. The number of nitriles is 1. The number of nitrogens with one attached hydrogen (secondary N) is 1. The lowest BCUT2D eigenvalue weighted by atomic mass is 9.89. The second-order valence-electron chi connectivity index (χ2n) is 9.26. The van der Waals surface area contributed by atoms with Gasteiger partial charge in [0.05, 0.1) is 29.9 Å². The average molecular weight is 562 g/mol. The number of halogens is 3. The van der Waals surface area contributed by atoms with Crippen LogP contribution in [0.25, 0.3) is 0 Å². The summed E-state index contributed by atoms with van der Waals surface area (Å²) in [5.41, 5.74) is 0.418. The number of benzene rings is 2. The normalized spacial score (nSPS) is 14.9. The van der Waals surface area contributed by atoms with E-state index in [-0.39, 0.29) is 23.6 Å². The zero-order chi connectivity index (χ0) is 29.3. The Kier molecular flexibility index (Phi) is 7.19. The number of methoxy groups -OCH3 is 1. The molecule has 3 heterocycles. The molecule has 0 amide bonds. The van der Waals surface area contributed by atoms with Crippen molar-refractivity contribution in [2.75, 3.05) is 12.0 Å². The molecule has 208 valence electrons. The monoisotopic (exact) mass is 561 g/mol. The maximum atomic E-state index is 13.6. The van der Waals surface area contributed by atoms with Crippen molar-refractivity contribution < 1.29 is 27.3 Å². The van der Waals surface area contributed by atoms with Crippen LogP contribution in [-0.4, -0.2) is 27.8 Å². The van der Waals surface area contributed by atoms with Crippen molar-refractivity contribution in [1.82, 2.24) is 14.8 Å². The fourth-order valence-corrected chi connectivity index (χ4v) is 5.11. The molecule has 0 saturated heterocycles. The Morgan fingerprint density at radius 2 is 1.90 bits per heavy atom. The van der Waals surface area contributed by atoms with Gasteiger partial charge in [0, 0.05) is 29.1 Å². The number of carbonyl (C=O) groups excluding carboxylic acids is 1. The molecule has 1 N–H and O–H groups in total. The number of aromatic amines is 1. The average Bonchev–Trinajstić information content (AvgIpc) is 3.36. The fraction of sp³-hybridized carbons (Fsp3) is 0.207. The molecule has 1 atom stereocenters. The molecule has 4 aromatic rings. The first-order chi connectivity index (χ1) is 19.7. The summed E-state index contributed by atoms with van der Waals surface area (Å²) in [5.74, 6) is -0.753. The minimum Gasteiger partial charge on any atom is -0.466 e. The van der Waals surface area contributed by atoms with Crippen molar-refractivity contribution in [2.45, 2.75) is 32.1 Å². The van der Waals surface area contributed by atoms with Crippen LogP contribution in [0.5, 0.6) is 0 Å². The maximum absolute atomic E-state index is 13.6. The minimum atomic E-state index is -4.62. The zero-order valence-electron chi connectivity index (χ0n) is 22.0. The first kappa shape index (κ1) is 27.4. The quantitative estimate of drug-likeness (QED) is 0.277. The summed E-state index contributed by atoms with van der Waals surface area (Å²) in [6.45, 7) is 2.05. The molecule has 1 aliphatic rings. The molecule has 0 bridgehead atoms. The third-order valence-electron chi connectivity index (χ3n) is 6.87. The second kappa shape index (κ2) is 10.8. The van der Waals surface area contributed by atoms with Gasteiger partial charge in [-0.05, 0) is 42.3 Å². The van der Waals surface area contributed by atoms with Crippen LogP contribution < -0.4 is 15.2 Å². The van der Waals surface area contributed by atoms with Crippen molar-refractivity contribution in [1.29, 1.82) is 5.26 Å². The third kappa shape index (κ3) is 4.98. The topological polar surface area (TPSA) is 108 Å².